The van der Waals surface area contributed by atoms with Crippen LogP contribution in [0.15, 0.2) is 29.8 Å². The molecule has 2 N–H and O–H groups in total. The molecule has 1 aliphatic carbocycles. The van der Waals surface area contributed by atoms with Gasteiger partial charge < -0.3 is 14.8 Å². The van der Waals surface area contributed by atoms with Crippen LogP contribution in [-0.4, -0.2) is 28.4 Å². The van der Waals surface area contributed by atoms with E-state index in [1.165, 1.54) is 0 Å². The number of allylic oxidation sites excluding steroid dienone is 1. The van der Waals surface area contributed by atoms with Crippen LogP contribution in [0.1, 0.15) is 51.0 Å². The third-order valence-corrected chi connectivity index (χ3v) is 4.18. The Hall–Kier alpha value is -2.82. The summed E-state index contributed by atoms with van der Waals surface area (Å²) in [5.41, 5.74) is 3.79. The van der Waals surface area contributed by atoms with E-state index < -0.39 is 5.97 Å². The number of ketones is 1. The number of aromatic amines is 1. The summed E-state index contributed by atoms with van der Waals surface area (Å²) in [4.78, 5) is 27.9. The average Bonchev–Trinajstić information content (AvgIpc) is 2.88. The average molecular weight is 325 g/mol. The normalized spacial score (nSPS) is 15.4. The number of aryl methyl sites for hydroxylation is 1. The first kappa shape index (κ1) is 16.1. The van der Waals surface area contributed by atoms with Crippen molar-refractivity contribution < 1.29 is 19.4 Å². The maximum atomic E-state index is 12.8. The number of esters is 1. The predicted molar refractivity (Wildman–Crippen MR) is 90.2 cm³/mol. The summed E-state index contributed by atoms with van der Waals surface area (Å²) in [6, 6.07) is 6.78. The smallest absolute Gasteiger partial charge is 0.355 e. The third-order valence-electron chi connectivity index (χ3n) is 4.18. The zero-order valence-electron chi connectivity index (χ0n) is 13.7. The lowest BCUT2D eigenvalue weighted by molar-refractivity contribution is 0.0519. The number of phenols is 1. The first-order valence-corrected chi connectivity index (χ1v) is 7.94. The van der Waals surface area contributed by atoms with Gasteiger partial charge in [-0.05, 0) is 56.0 Å². The predicted octanol–water partition coefficient (Wildman–Crippen LogP) is 3.42. The van der Waals surface area contributed by atoms with Crippen LogP contribution >= 0.6 is 0 Å². The van der Waals surface area contributed by atoms with E-state index in [1.807, 2.05) is 6.07 Å². The van der Waals surface area contributed by atoms with Crippen molar-refractivity contribution in [1.82, 2.24) is 4.98 Å². The minimum absolute atomic E-state index is 0.0797. The number of hydrogen-bond donors (Lipinski definition) is 2. The first-order chi connectivity index (χ1) is 11.5. The molecule has 5 nitrogen and oxygen atoms in total. The van der Waals surface area contributed by atoms with Crippen LogP contribution in [-0.2, 0) is 11.2 Å². The Bertz CT molecular complexity index is 845. The van der Waals surface area contributed by atoms with Gasteiger partial charge in [0.15, 0.2) is 5.78 Å². The summed E-state index contributed by atoms with van der Waals surface area (Å²) < 4.78 is 5.03. The standard InChI is InChI=1S/C19H19NO4/c1-3-24-19(23)17-11(2)16-15(20-17)8-7-13(18(16)22)9-12-5-4-6-14(21)10-12/h4-6,9-10,20-21H,3,7-8H2,1-2H3. The van der Waals surface area contributed by atoms with Crippen LogP contribution in [0.4, 0.5) is 0 Å². The quantitative estimate of drug-likeness (QED) is 0.669. The highest BCUT2D eigenvalue weighted by molar-refractivity contribution is 6.15. The number of carbonyl (C=O) groups excluding carboxylic acids is 2. The van der Waals surface area contributed by atoms with Gasteiger partial charge in [-0.1, -0.05) is 12.1 Å². The van der Waals surface area contributed by atoms with Gasteiger partial charge in [0.1, 0.15) is 11.4 Å². The number of H-pyrrole nitrogens is 1. The molecule has 1 aromatic carbocycles. The van der Waals surface area contributed by atoms with Crippen molar-refractivity contribution in [3.63, 3.8) is 0 Å². The molecular formula is C19H19NO4. The maximum Gasteiger partial charge on any atom is 0.355 e. The Morgan fingerprint density at radius 1 is 1.38 bits per heavy atom. The van der Waals surface area contributed by atoms with Crippen LogP contribution < -0.4 is 0 Å². The SMILES string of the molecule is CCOC(=O)c1[nH]c2c(c1C)C(=O)C(=Cc1cccc(O)c1)CC2. The molecule has 24 heavy (non-hydrogen) atoms. The van der Waals surface area contributed by atoms with Crippen LogP contribution in [0.2, 0.25) is 0 Å². The molecule has 124 valence electrons. The van der Waals surface area contributed by atoms with E-state index in [4.69, 9.17) is 4.74 Å². The molecule has 3 rings (SSSR count). The van der Waals surface area contributed by atoms with Gasteiger partial charge in [0.05, 0.1) is 6.61 Å². The van der Waals surface area contributed by atoms with Crippen LogP contribution in [0.5, 0.6) is 5.75 Å². The highest BCUT2D eigenvalue weighted by Crippen LogP contribution is 2.31. The summed E-state index contributed by atoms with van der Waals surface area (Å²) in [7, 11) is 0. The number of fused-ring (bicyclic) bond motifs is 1. The molecular weight excluding hydrogens is 306 g/mol. The molecule has 5 heteroatoms. The number of nitrogens with one attached hydrogen (secondary N) is 1. The maximum absolute atomic E-state index is 12.8. The van der Waals surface area contributed by atoms with Crippen molar-refractivity contribution in [2.24, 2.45) is 0 Å². The fourth-order valence-electron chi connectivity index (χ4n) is 3.05. The van der Waals surface area contributed by atoms with E-state index in [0.717, 1.165) is 11.3 Å². The Labute approximate surface area is 140 Å². The van der Waals surface area contributed by atoms with E-state index in [2.05, 4.69) is 4.98 Å². The number of carbonyl (C=O) groups is 2. The van der Waals surface area contributed by atoms with Gasteiger partial charge >= 0.3 is 5.97 Å². The fourth-order valence-corrected chi connectivity index (χ4v) is 3.05. The Kier molecular flexibility index (Phi) is 4.25. The summed E-state index contributed by atoms with van der Waals surface area (Å²) >= 11 is 0. The van der Waals surface area contributed by atoms with E-state index in [1.54, 1.807) is 38.1 Å². The van der Waals surface area contributed by atoms with Gasteiger partial charge in [-0.15, -0.1) is 0 Å². The second-order valence-corrected chi connectivity index (χ2v) is 5.79. The lowest BCUT2D eigenvalue weighted by Crippen LogP contribution is -2.14. The summed E-state index contributed by atoms with van der Waals surface area (Å²) in [5.74, 6) is -0.352. The zero-order valence-corrected chi connectivity index (χ0v) is 13.7. The van der Waals surface area contributed by atoms with Crippen molar-refractivity contribution in [3.05, 3.63) is 57.9 Å². The molecule has 1 aliphatic rings. The van der Waals surface area contributed by atoms with E-state index in [0.29, 0.717) is 41.8 Å². The third kappa shape index (κ3) is 2.85. The molecule has 0 saturated carbocycles. The van der Waals surface area contributed by atoms with Crippen molar-refractivity contribution in [2.75, 3.05) is 6.61 Å². The lowest BCUT2D eigenvalue weighted by Gasteiger charge is -2.14. The monoisotopic (exact) mass is 325 g/mol. The van der Waals surface area contributed by atoms with Crippen LogP contribution in [0.25, 0.3) is 6.08 Å². The minimum atomic E-state index is -0.435. The molecule has 0 radical (unpaired) electrons. The van der Waals surface area contributed by atoms with E-state index in [9.17, 15) is 14.7 Å². The van der Waals surface area contributed by atoms with Crippen molar-refractivity contribution >= 4 is 17.8 Å². The van der Waals surface area contributed by atoms with Gasteiger partial charge in [-0.25, -0.2) is 4.79 Å². The Morgan fingerprint density at radius 3 is 2.88 bits per heavy atom. The number of benzene rings is 1. The molecule has 1 heterocycles. The number of Topliss-reactive ketones (excluding diaryl/α,β-unsaturated/α-hetero) is 1. The minimum Gasteiger partial charge on any atom is -0.508 e. The van der Waals surface area contributed by atoms with Crippen molar-refractivity contribution in [1.29, 1.82) is 0 Å². The van der Waals surface area contributed by atoms with Gasteiger partial charge in [-0.2, -0.15) is 0 Å². The van der Waals surface area contributed by atoms with Gasteiger partial charge in [0, 0.05) is 16.8 Å². The molecule has 0 unspecified atom stereocenters. The number of aromatic nitrogens is 1. The molecule has 0 amide bonds. The number of aromatic hydroxyl groups is 1. The molecule has 0 fully saturated rings. The number of hydrogen-bond acceptors (Lipinski definition) is 4. The number of phenolic OH excluding ortho intramolecular Hbond substituents is 1. The number of ether oxygens (including phenoxy) is 1. The largest absolute Gasteiger partial charge is 0.508 e. The highest BCUT2D eigenvalue weighted by atomic mass is 16.5. The summed E-state index contributed by atoms with van der Waals surface area (Å²) in [6.45, 7) is 3.80. The van der Waals surface area contributed by atoms with Gasteiger partial charge in [-0.3, -0.25) is 4.79 Å². The van der Waals surface area contributed by atoms with E-state index in [-0.39, 0.29) is 11.5 Å². The summed E-state index contributed by atoms with van der Waals surface area (Å²) in [5, 5.41) is 9.55. The molecule has 0 aliphatic heterocycles. The van der Waals surface area contributed by atoms with Gasteiger partial charge in [0.25, 0.3) is 0 Å². The summed E-state index contributed by atoms with van der Waals surface area (Å²) in [6.07, 6.45) is 3.04. The molecule has 0 atom stereocenters. The van der Waals surface area contributed by atoms with Crippen molar-refractivity contribution in [2.45, 2.75) is 26.7 Å². The second kappa shape index (κ2) is 6.35. The number of rotatable bonds is 3. The van der Waals surface area contributed by atoms with E-state index >= 15 is 0 Å². The Balaban J connectivity index is 1.97. The molecule has 2 aromatic rings. The fraction of sp³-hybridized carbons (Fsp3) is 0.263. The van der Waals surface area contributed by atoms with Crippen LogP contribution in [0, 0.1) is 6.92 Å². The van der Waals surface area contributed by atoms with Crippen molar-refractivity contribution in [3.8, 4) is 5.75 Å². The second-order valence-electron chi connectivity index (χ2n) is 5.79. The molecule has 0 saturated heterocycles. The Morgan fingerprint density at radius 2 is 2.17 bits per heavy atom. The molecule has 0 bridgehead atoms. The van der Waals surface area contributed by atoms with Gasteiger partial charge in [0.2, 0.25) is 0 Å². The lowest BCUT2D eigenvalue weighted by atomic mass is 9.88. The molecule has 0 spiro atoms. The molecule has 1 aromatic heterocycles. The highest BCUT2D eigenvalue weighted by Gasteiger charge is 2.29. The zero-order chi connectivity index (χ0) is 17.3. The van der Waals surface area contributed by atoms with Crippen LogP contribution in [0.3, 0.4) is 0 Å². The topological polar surface area (TPSA) is 79.4 Å². The first-order valence-electron chi connectivity index (χ1n) is 7.94.